The van der Waals surface area contributed by atoms with Crippen LogP contribution in [0, 0.1) is 5.82 Å². The van der Waals surface area contributed by atoms with Crippen molar-refractivity contribution in [2.75, 3.05) is 13.1 Å². The second kappa shape index (κ2) is 6.58. The molecule has 1 aromatic rings. The van der Waals surface area contributed by atoms with Crippen molar-refractivity contribution < 1.29 is 12.8 Å². The highest BCUT2D eigenvalue weighted by Gasteiger charge is 2.34. The number of hydrogen-bond donors (Lipinski definition) is 1. The van der Waals surface area contributed by atoms with Crippen molar-refractivity contribution in [3.05, 3.63) is 29.0 Å². The smallest absolute Gasteiger partial charge is 0.245 e. The van der Waals surface area contributed by atoms with Crippen molar-refractivity contribution in [3.63, 3.8) is 0 Å². The minimum atomic E-state index is -3.78. The number of nitrogens with one attached hydrogen (secondary N) is 1. The summed E-state index contributed by atoms with van der Waals surface area (Å²) >= 11 is 5.90. The minimum Gasteiger partial charge on any atom is -0.311 e. The Morgan fingerprint density at radius 3 is 2.70 bits per heavy atom. The molecule has 0 spiro atoms. The van der Waals surface area contributed by atoms with Gasteiger partial charge in [-0.05, 0) is 32.0 Å². The molecule has 1 aromatic carbocycles. The monoisotopic (exact) mass is 342 g/mol. The molecule has 1 aliphatic heterocycles. The molecule has 1 N–H and O–H groups in total. The lowest BCUT2D eigenvalue weighted by atomic mass is 10.2. The summed E-state index contributed by atoms with van der Waals surface area (Å²) in [6.07, 6.45) is 0. The van der Waals surface area contributed by atoms with E-state index in [2.05, 4.69) is 5.32 Å². The lowest BCUT2D eigenvalue weighted by Crippen LogP contribution is -2.56. The quantitative estimate of drug-likeness (QED) is 0.896. The summed E-state index contributed by atoms with van der Waals surface area (Å²) in [5.41, 5.74) is 0. The Hall–Kier alpha value is -0.400. The van der Waals surface area contributed by atoms with Crippen LogP contribution in [0.3, 0.4) is 0 Å². The van der Waals surface area contributed by atoms with E-state index < -0.39 is 15.8 Å². The second-order valence-corrected chi connectivity index (χ2v) is 7.07. The number of sulfonamides is 1. The summed E-state index contributed by atoms with van der Waals surface area (Å²) in [7, 11) is -3.78. The van der Waals surface area contributed by atoms with Gasteiger partial charge in [0.15, 0.2) is 0 Å². The van der Waals surface area contributed by atoms with Crippen molar-refractivity contribution >= 4 is 34.0 Å². The lowest BCUT2D eigenvalue weighted by Gasteiger charge is -2.36. The summed E-state index contributed by atoms with van der Waals surface area (Å²) in [6.45, 7) is 4.62. The van der Waals surface area contributed by atoms with E-state index in [0.717, 1.165) is 12.1 Å². The number of piperazine rings is 1. The molecule has 2 unspecified atom stereocenters. The van der Waals surface area contributed by atoms with Crippen LogP contribution in [-0.4, -0.2) is 37.9 Å². The van der Waals surface area contributed by atoms with Gasteiger partial charge in [-0.15, -0.1) is 12.4 Å². The third kappa shape index (κ3) is 3.43. The highest BCUT2D eigenvalue weighted by atomic mass is 35.5. The van der Waals surface area contributed by atoms with Gasteiger partial charge >= 0.3 is 0 Å². The molecule has 114 valence electrons. The topological polar surface area (TPSA) is 49.4 Å². The number of halogens is 3. The molecule has 0 bridgehead atoms. The normalized spacial score (nSPS) is 24.2. The first-order valence-corrected chi connectivity index (χ1v) is 7.84. The van der Waals surface area contributed by atoms with E-state index in [1.807, 2.05) is 13.8 Å². The van der Waals surface area contributed by atoms with Crippen LogP contribution in [0.15, 0.2) is 23.1 Å². The molecule has 2 atom stereocenters. The molecule has 0 aromatic heterocycles. The van der Waals surface area contributed by atoms with E-state index >= 15 is 0 Å². The molecule has 0 aliphatic carbocycles. The number of benzene rings is 1. The van der Waals surface area contributed by atoms with Crippen molar-refractivity contribution in [1.82, 2.24) is 9.62 Å². The van der Waals surface area contributed by atoms with E-state index in [-0.39, 0.29) is 34.4 Å². The van der Waals surface area contributed by atoms with Crippen molar-refractivity contribution in [2.24, 2.45) is 0 Å². The highest BCUT2D eigenvalue weighted by Crippen LogP contribution is 2.27. The fourth-order valence-electron chi connectivity index (χ4n) is 2.12. The SMILES string of the molecule is CC1CN(S(=O)(=O)c2cc(F)ccc2Cl)C(C)CN1.Cl. The molecule has 0 radical (unpaired) electrons. The van der Waals surface area contributed by atoms with Crippen molar-refractivity contribution in [1.29, 1.82) is 0 Å². The van der Waals surface area contributed by atoms with Crippen LogP contribution in [0.4, 0.5) is 4.39 Å². The summed E-state index contributed by atoms with van der Waals surface area (Å²) in [5.74, 6) is -0.612. The first kappa shape index (κ1) is 17.7. The average Bonchev–Trinajstić information content (AvgIpc) is 2.35. The zero-order valence-corrected chi connectivity index (χ0v) is 13.5. The van der Waals surface area contributed by atoms with Gasteiger partial charge in [-0.25, -0.2) is 12.8 Å². The maximum Gasteiger partial charge on any atom is 0.245 e. The predicted molar refractivity (Wildman–Crippen MR) is 79.5 cm³/mol. The number of rotatable bonds is 2. The van der Waals surface area contributed by atoms with Gasteiger partial charge in [-0.2, -0.15) is 4.31 Å². The third-order valence-electron chi connectivity index (χ3n) is 3.19. The van der Waals surface area contributed by atoms with Gasteiger partial charge in [0.25, 0.3) is 0 Å². The van der Waals surface area contributed by atoms with E-state index in [9.17, 15) is 12.8 Å². The van der Waals surface area contributed by atoms with Gasteiger partial charge in [0, 0.05) is 25.2 Å². The number of hydrogen-bond acceptors (Lipinski definition) is 3. The molecule has 1 heterocycles. The fourth-order valence-corrected chi connectivity index (χ4v) is 4.33. The zero-order chi connectivity index (χ0) is 14.2. The molecule has 0 saturated carbocycles. The Kier molecular flexibility index (Phi) is 5.80. The average molecular weight is 343 g/mol. The van der Waals surface area contributed by atoms with Gasteiger partial charge in [-0.1, -0.05) is 11.6 Å². The van der Waals surface area contributed by atoms with Crippen molar-refractivity contribution in [2.45, 2.75) is 30.8 Å². The Balaban J connectivity index is 0.00000200. The minimum absolute atomic E-state index is 0. The van der Waals surface area contributed by atoms with Crippen LogP contribution < -0.4 is 5.32 Å². The molecule has 8 heteroatoms. The largest absolute Gasteiger partial charge is 0.311 e. The van der Waals surface area contributed by atoms with Gasteiger partial charge in [0.1, 0.15) is 10.7 Å². The van der Waals surface area contributed by atoms with Gasteiger partial charge in [-0.3, -0.25) is 0 Å². The van der Waals surface area contributed by atoms with Gasteiger partial charge in [0.05, 0.1) is 5.02 Å². The van der Waals surface area contributed by atoms with E-state index in [4.69, 9.17) is 11.6 Å². The summed E-state index contributed by atoms with van der Waals surface area (Å²) in [4.78, 5) is -0.171. The van der Waals surface area contributed by atoms with E-state index in [1.54, 1.807) is 0 Å². The maximum absolute atomic E-state index is 13.3. The van der Waals surface area contributed by atoms with Crippen LogP contribution in [0.5, 0.6) is 0 Å². The van der Waals surface area contributed by atoms with Gasteiger partial charge < -0.3 is 5.32 Å². The highest BCUT2D eigenvalue weighted by molar-refractivity contribution is 7.89. The van der Waals surface area contributed by atoms with Crippen molar-refractivity contribution in [3.8, 4) is 0 Å². The molecule has 1 aliphatic rings. The third-order valence-corrected chi connectivity index (χ3v) is 5.65. The Labute approximate surface area is 129 Å². The molecule has 0 amide bonds. The summed E-state index contributed by atoms with van der Waals surface area (Å²) in [5, 5.41) is 3.24. The van der Waals surface area contributed by atoms with E-state index in [1.165, 1.54) is 10.4 Å². The predicted octanol–water partition coefficient (Wildman–Crippen LogP) is 2.27. The summed E-state index contributed by atoms with van der Waals surface area (Å²) in [6, 6.07) is 3.24. The van der Waals surface area contributed by atoms with Crippen LogP contribution in [0.2, 0.25) is 5.02 Å². The second-order valence-electron chi connectivity index (χ2n) is 4.81. The maximum atomic E-state index is 13.3. The summed E-state index contributed by atoms with van der Waals surface area (Å²) < 4.78 is 39.8. The Morgan fingerprint density at radius 2 is 2.05 bits per heavy atom. The molecule has 1 saturated heterocycles. The molecular formula is C12H17Cl2FN2O2S. The van der Waals surface area contributed by atoms with Crippen LogP contribution in [0.1, 0.15) is 13.8 Å². The van der Waals surface area contributed by atoms with E-state index in [0.29, 0.717) is 13.1 Å². The van der Waals surface area contributed by atoms with Crippen LogP contribution in [-0.2, 0) is 10.0 Å². The Morgan fingerprint density at radius 1 is 1.40 bits per heavy atom. The first-order valence-electron chi connectivity index (χ1n) is 6.02. The molecular weight excluding hydrogens is 326 g/mol. The van der Waals surface area contributed by atoms with Crippen LogP contribution in [0.25, 0.3) is 0 Å². The standard InChI is InChI=1S/C12H16ClFN2O2S.ClH/c1-8-7-16(9(2)6-15-8)19(17,18)12-5-10(14)3-4-11(12)13;/h3-5,8-9,15H,6-7H2,1-2H3;1H. The Bertz CT molecular complexity index is 583. The zero-order valence-electron chi connectivity index (χ0n) is 11.1. The molecule has 4 nitrogen and oxygen atoms in total. The molecule has 1 fully saturated rings. The van der Waals surface area contributed by atoms with Crippen LogP contribution >= 0.6 is 24.0 Å². The van der Waals surface area contributed by atoms with Gasteiger partial charge in [0.2, 0.25) is 10.0 Å². The fraction of sp³-hybridized carbons (Fsp3) is 0.500. The molecule has 2 rings (SSSR count). The first-order chi connectivity index (χ1) is 8.82. The molecule has 20 heavy (non-hydrogen) atoms. The number of nitrogens with zero attached hydrogens (tertiary/aromatic N) is 1. The lowest BCUT2D eigenvalue weighted by molar-refractivity contribution is 0.244.